The van der Waals surface area contributed by atoms with Gasteiger partial charge < -0.3 is 9.73 Å². The number of para-hydroxylation sites is 1. The third-order valence-electron chi connectivity index (χ3n) is 3.38. The van der Waals surface area contributed by atoms with Gasteiger partial charge in [-0.25, -0.2) is 4.98 Å². The molecule has 0 bridgehead atoms. The highest BCUT2D eigenvalue weighted by molar-refractivity contribution is 8.00. The summed E-state index contributed by atoms with van der Waals surface area (Å²) in [6, 6.07) is 12.9. The predicted molar refractivity (Wildman–Crippen MR) is 94.1 cm³/mol. The first-order valence-corrected chi connectivity index (χ1v) is 8.38. The molecule has 0 spiro atoms. The smallest absolute Gasteiger partial charge is 0.257 e. The number of oxazole rings is 1. The molecule has 1 amide bonds. The standard InChI is InChI=1S/C17H15ClN2O2S/c1-10-5-3-4-6-13(10)19-16(21)11(2)23-17-20-14-9-12(18)7-8-15(14)22-17/h3-9,11H,1-2H3,(H,19,21). The Morgan fingerprint density at radius 2 is 2.09 bits per heavy atom. The first-order chi connectivity index (χ1) is 11.0. The van der Waals surface area contributed by atoms with Gasteiger partial charge in [-0.3, -0.25) is 4.79 Å². The Morgan fingerprint density at radius 3 is 2.87 bits per heavy atom. The molecule has 1 aromatic heterocycles. The fourth-order valence-corrected chi connectivity index (χ4v) is 3.01. The summed E-state index contributed by atoms with van der Waals surface area (Å²) >= 11 is 7.21. The largest absolute Gasteiger partial charge is 0.431 e. The number of fused-ring (bicyclic) bond motifs is 1. The van der Waals surface area contributed by atoms with Crippen LogP contribution in [0.25, 0.3) is 11.1 Å². The van der Waals surface area contributed by atoms with Crippen LogP contribution in [0.1, 0.15) is 12.5 Å². The van der Waals surface area contributed by atoms with Crippen molar-refractivity contribution in [1.29, 1.82) is 0 Å². The lowest BCUT2D eigenvalue weighted by molar-refractivity contribution is -0.115. The quantitative estimate of drug-likeness (QED) is 0.682. The summed E-state index contributed by atoms with van der Waals surface area (Å²) in [6.45, 7) is 3.78. The zero-order valence-electron chi connectivity index (χ0n) is 12.7. The highest BCUT2D eigenvalue weighted by atomic mass is 35.5. The molecule has 0 fully saturated rings. The third-order valence-corrected chi connectivity index (χ3v) is 4.56. The van der Waals surface area contributed by atoms with E-state index in [-0.39, 0.29) is 11.2 Å². The molecule has 118 valence electrons. The number of thioether (sulfide) groups is 1. The molecule has 3 aromatic rings. The number of hydrogen-bond acceptors (Lipinski definition) is 4. The Morgan fingerprint density at radius 1 is 1.30 bits per heavy atom. The molecule has 0 aliphatic rings. The number of nitrogens with one attached hydrogen (secondary N) is 1. The van der Waals surface area contributed by atoms with Gasteiger partial charge in [0.2, 0.25) is 5.91 Å². The van der Waals surface area contributed by atoms with E-state index in [1.165, 1.54) is 11.8 Å². The highest BCUT2D eigenvalue weighted by Crippen LogP contribution is 2.28. The number of nitrogens with zero attached hydrogens (tertiary/aromatic N) is 1. The molecule has 1 N–H and O–H groups in total. The lowest BCUT2D eigenvalue weighted by Gasteiger charge is -2.11. The van der Waals surface area contributed by atoms with E-state index in [1.807, 2.05) is 38.1 Å². The van der Waals surface area contributed by atoms with Crippen LogP contribution >= 0.6 is 23.4 Å². The summed E-state index contributed by atoms with van der Waals surface area (Å²) < 4.78 is 5.63. The monoisotopic (exact) mass is 346 g/mol. The second kappa shape index (κ2) is 6.64. The lowest BCUT2D eigenvalue weighted by Crippen LogP contribution is -2.22. The van der Waals surface area contributed by atoms with Crippen LogP contribution in [0.3, 0.4) is 0 Å². The van der Waals surface area contributed by atoms with Gasteiger partial charge in [-0.05, 0) is 43.7 Å². The molecule has 0 radical (unpaired) electrons. The summed E-state index contributed by atoms with van der Waals surface area (Å²) in [4.78, 5) is 16.7. The van der Waals surface area contributed by atoms with Gasteiger partial charge in [-0.2, -0.15) is 0 Å². The first kappa shape index (κ1) is 15.9. The van der Waals surface area contributed by atoms with Gasteiger partial charge in [-0.15, -0.1) is 0 Å². The van der Waals surface area contributed by atoms with E-state index in [1.54, 1.807) is 18.2 Å². The lowest BCUT2D eigenvalue weighted by atomic mass is 10.2. The van der Waals surface area contributed by atoms with Crippen LogP contribution in [0, 0.1) is 6.92 Å². The Bertz CT molecular complexity index is 863. The summed E-state index contributed by atoms with van der Waals surface area (Å²) in [5.41, 5.74) is 3.18. The molecule has 0 saturated carbocycles. The van der Waals surface area contributed by atoms with Crippen LogP contribution in [0.4, 0.5) is 5.69 Å². The number of rotatable bonds is 4. The zero-order valence-corrected chi connectivity index (χ0v) is 14.2. The fourth-order valence-electron chi connectivity index (χ4n) is 2.08. The number of carbonyl (C=O) groups is 1. The highest BCUT2D eigenvalue weighted by Gasteiger charge is 2.18. The molecule has 1 atom stereocenters. The number of carbonyl (C=O) groups excluding carboxylic acids is 1. The van der Waals surface area contributed by atoms with Gasteiger partial charge in [-0.1, -0.05) is 41.6 Å². The molecule has 1 unspecified atom stereocenters. The van der Waals surface area contributed by atoms with Crippen molar-refractivity contribution in [3.63, 3.8) is 0 Å². The van der Waals surface area contributed by atoms with Gasteiger partial charge in [0.25, 0.3) is 5.22 Å². The average molecular weight is 347 g/mol. The van der Waals surface area contributed by atoms with Crippen molar-refractivity contribution in [2.75, 3.05) is 5.32 Å². The predicted octanol–water partition coefficient (Wildman–Crippen LogP) is 4.91. The van der Waals surface area contributed by atoms with Crippen molar-refractivity contribution in [3.05, 3.63) is 53.1 Å². The maximum atomic E-state index is 12.3. The molecule has 2 aromatic carbocycles. The number of amides is 1. The number of aryl methyl sites for hydroxylation is 1. The molecular formula is C17H15ClN2O2S. The summed E-state index contributed by atoms with van der Waals surface area (Å²) in [7, 11) is 0. The molecular weight excluding hydrogens is 332 g/mol. The SMILES string of the molecule is Cc1ccccc1NC(=O)C(C)Sc1nc2cc(Cl)ccc2o1. The number of halogens is 1. The topological polar surface area (TPSA) is 55.1 Å². The molecule has 0 saturated heterocycles. The molecule has 6 heteroatoms. The third kappa shape index (κ3) is 3.68. The van der Waals surface area contributed by atoms with Gasteiger partial charge >= 0.3 is 0 Å². The summed E-state index contributed by atoms with van der Waals surface area (Å²) in [6.07, 6.45) is 0. The molecule has 0 aliphatic heterocycles. The van der Waals surface area contributed by atoms with E-state index in [9.17, 15) is 4.79 Å². The average Bonchev–Trinajstić information content (AvgIpc) is 2.90. The van der Waals surface area contributed by atoms with Crippen molar-refractivity contribution in [1.82, 2.24) is 4.98 Å². The first-order valence-electron chi connectivity index (χ1n) is 7.12. The van der Waals surface area contributed by atoms with Crippen LogP contribution in [0.15, 0.2) is 52.1 Å². The Kier molecular flexibility index (Phi) is 4.59. The van der Waals surface area contributed by atoms with E-state index in [2.05, 4.69) is 10.3 Å². The van der Waals surface area contributed by atoms with Gasteiger partial charge in [0.05, 0.1) is 5.25 Å². The van der Waals surface area contributed by atoms with Crippen molar-refractivity contribution >= 4 is 46.1 Å². The molecule has 1 heterocycles. The van der Waals surface area contributed by atoms with Crippen LogP contribution < -0.4 is 5.32 Å². The second-order valence-electron chi connectivity index (χ2n) is 5.16. The van der Waals surface area contributed by atoms with Gasteiger partial charge in [0.15, 0.2) is 5.58 Å². The minimum absolute atomic E-state index is 0.0930. The zero-order chi connectivity index (χ0) is 16.4. The van der Waals surface area contributed by atoms with Crippen molar-refractivity contribution in [2.24, 2.45) is 0 Å². The number of anilines is 1. The van der Waals surface area contributed by atoms with Gasteiger partial charge in [0.1, 0.15) is 5.52 Å². The Labute approximate surface area is 143 Å². The fraction of sp³-hybridized carbons (Fsp3) is 0.176. The number of hydrogen-bond donors (Lipinski definition) is 1. The van der Waals surface area contributed by atoms with E-state index in [0.29, 0.717) is 21.3 Å². The van der Waals surface area contributed by atoms with Gasteiger partial charge in [0, 0.05) is 10.7 Å². The van der Waals surface area contributed by atoms with Crippen LogP contribution in [0.2, 0.25) is 5.02 Å². The molecule has 0 aliphatic carbocycles. The minimum Gasteiger partial charge on any atom is -0.431 e. The number of aromatic nitrogens is 1. The Hall–Kier alpha value is -1.98. The van der Waals surface area contributed by atoms with E-state index >= 15 is 0 Å². The van der Waals surface area contributed by atoms with Crippen molar-refractivity contribution in [2.45, 2.75) is 24.3 Å². The van der Waals surface area contributed by atoms with E-state index < -0.39 is 0 Å². The normalized spacial score (nSPS) is 12.3. The van der Waals surface area contributed by atoms with E-state index in [0.717, 1.165) is 11.3 Å². The van der Waals surface area contributed by atoms with Crippen LogP contribution in [0.5, 0.6) is 0 Å². The molecule has 4 nitrogen and oxygen atoms in total. The minimum atomic E-state index is -0.335. The van der Waals surface area contributed by atoms with E-state index in [4.69, 9.17) is 16.0 Å². The number of benzene rings is 2. The van der Waals surface area contributed by atoms with Crippen LogP contribution in [-0.2, 0) is 4.79 Å². The maximum Gasteiger partial charge on any atom is 0.257 e. The van der Waals surface area contributed by atoms with Crippen LogP contribution in [-0.4, -0.2) is 16.1 Å². The Balaban J connectivity index is 1.71. The molecule has 3 rings (SSSR count). The summed E-state index contributed by atoms with van der Waals surface area (Å²) in [5.74, 6) is -0.0930. The second-order valence-corrected chi connectivity index (χ2v) is 6.88. The maximum absolute atomic E-state index is 12.3. The molecule has 23 heavy (non-hydrogen) atoms. The van der Waals surface area contributed by atoms with Crippen molar-refractivity contribution < 1.29 is 9.21 Å². The van der Waals surface area contributed by atoms with Crippen molar-refractivity contribution in [3.8, 4) is 0 Å². The summed E-state index contributed by atoms with van der Waals surface area (Å²) in [5, 5.41) is 3.65.